The van der Waals surface area contributed by atoms with Crippen molar-refractivity contribution in [2.24, 2.45) is 11.1 Å². The molecule has 0 bridgehead atoms. The summed E-state index contributed by atoms with van der Waals surface area (Å²) in [5.74, 6) is -0.433. The second-order valence-corrected chi connectivity index (χ2v) is 4.61. The smallest absolute Gasteiger partial charge is 0.225 e. The van der Waals surface area contributed by atoms with Gasteiger partial charge in [0.25, 0.3) is 0 Å². The predicted molar refractivity (Wildman–Crippen MR) is 68.7 cm³/mol. The Balaban J connectivity index is 2.47. The highest BCUT2D eigenvalue weighted by molar-refractivity contribution is 5.80. The zero-order valence-corrected chi connectivity index (χ0v) is 10.6. The first-order valence-electron chi connectivity index (χ1n) is 5.94. The number of benzene rings is 1. The van der Waals surface area contributed by atoms with Crippen LogP contribution < -0.4 is 5.73 Å². The van der Waals surface area contributed by atoms with E-state index in [9.17, 15) is 9.59 Å². The maximum absolute atomic E-state index is 11.4. The number of hydrogen-bond acceptors (Lipinski definition) is 3. The molecule has 0 aromatic heterocycles. The Kier molecular flexibility index (Phi) is 5.52. The molecular formula is C14H19NO3. The number of hydrogen-bond donors (Lipinski definition) is 1. The van der Waals surface area contributed by atoms with E-state index in [1.54, 1.807) is 6.92 Å². The minimum Gasteiger partial charge on any atom is -0.376 e. The van der Waals surface area contributed by atoms with Crippen molar-refractivity contribution in [3.63, 3.8) is 0 Å². The normalized spacial score (nSPS) is 13.8. The van der Waals surface area contributed by atoms with Crippen molar-refractivity contribution in [1.82, 2.24) is 0 Å². The van der Waals surface area contributed by atoms with Crippen LogP contribution in [-0.2, 0) is 20.9 Å². The summed E-state index contributed by atoms with van der Waals surface area (Å²) in [7, 11) is 0. The monoisotopic (exact) mass is 249 g/mol. The maximum atomic E-state index is 11.4. The Morgan fingerprint density at radius 3 is 2.61 bits per heavy atom. The number of carbonyl (C=O) groups is 2. The molecule has 0 heterocycles. The SMILES string of the molecule is C[C@@](CCC=O)(COCc1ccccc1)C(N)=O. The van der Waals surface area contributed by atoms with Gasteiger partial charge in [-0.1, -0.05) is 30.3 Å². The summed E-state index contributed by atoms with van der Waals surface area (Å²) in [6.45, 7) is 2.39. The van der Waals surface area contributed by atoms with E-state index in [2.05, 4.69) is 0 Å². The van der Waals surface area contributed by atoms with Gasteiger partial charge < -0.3 is 15.3 Å². The molecule has 0 unspecified atom stereocenters. The molecule has 2 N–H and O–H groups in total. The molecule has 0 radical (unpaired) electrons. The first-order chi connectivity index (χ1) is 8.58. The van der Waals surface area contributed by atoms with E-state index >= 15 is 0 Å². The lowest BCUT2D eigenvalue weighted by molar-refractivity contribution is -0.131. The Morgan fingerprint density at radius 1 is 1.39 bits per heavy atom. The summed E-state index contributed by atoms with van der Waals surface area (Å²) >= 11 is 0. The Hall–Kier alpha value is -1.68. The zero-order valence-electron chi connectivity index (χ0n) is 10.6. The first kappa shape index (κ1) is 14.4. The van der Waals surface area contributed by atoms with Crippen LogP contribution in [0.3, 0.4) is 0 Å². The van der Waals surface area contributed by atoms with Gasteiger partial charge in [-0.05, 0) is 18.9 Å². The van der Waals surface area contributed by atoms with Crippen LogP contribution in [0.15, 0.2) is 30.3 Å². The van der Waals surface area contributed by atoms with Gasteiger partial charge in [-0.3, -0.25) is 4.79 Å². The summed E-state index contributed by atoms with van der Waals surface area (Å²) in [5, 5.41) is 0. The molecule has 1 aromatic rings. The van der Waals surface area contributed by atoms with Gasteiger partial charge in [-0.25, -0.2) is 0 Å². The number of amides is 1. The molecule has 1 aromatic carbocycles. The Morgan fingerprint density at radius 2 is 2.06 bits per heavy atom. The molecule has 98 valence electrons. The molecule has 0 aliphatic heterocycles. The highest BCUT2D eigenvalue weighted by Crippen LogP contribution is 2.23. The van der Waals surface area contributed by atoms with Crippen LogP contribution in [0.4, 0.5) is 0 Å². The molecule has 0 aliphatic carbocycles. The molecule has 4 nitrogen and oxygen atoms in total. The molecule has 0 fully saturated rings. The van der Waals surface area contributed by atoms with Crippen molar-refractivity contribution < 1.29 is 14.3 Å². The number of nitrogens with two attached hydrogens (primary N) is 1. The van der Waals surface area contributed by atoms with Crippen molar-refractivity contribution in [2.75, 3.05) is 6.61 Å². The fourth-order valence-corrected chi connectivity index (χ4v) is 1.61. The van der Waals surface area contributed by atoms with Crippen molar-refractivity contribution in [2.45, 2.75) is 26.4 Å². The van der Waals surface area contributed by atoms with Gasteiger partial charge in [-0.2, -0.15) is 0 Å². The van der Waals surface area contributed by atoms with E-state index in [0.717, 1.165) is 11.8 Å². The van der Waals surface area contributed by atoms with Gasteiger partial charge >= 0.3 is 0 Å². The highest BCUT2D eigenvalue weighted by Gasteiger charge is 2.30. The number of ether oxygens (including phenoxy) is 1. The van der Waals surface area contributed by atoms with E-state index in [4.69, 9.17) is 10.5 Å². The predicted octanol–water partition coefficient (Wildman–Crippen LogP) is 1.67. The quantitative estimate of drug-likeness (QED) is 0.712. The van der Waals surface area contributed by atoms with Crippen LogP contribution in [0.2, 0.25) is 0 Å². The third kappa shape index (κ3) is 4.30. The van der Waals surface area contributed by atoms with E-state index < -0.39 is 11.3 Å². The number of rotatable bonds is 8. The second kappa shape index (κ2) is 6.91. The van der Waals surface area contributed by atoms with Crippen LogP contribution in [0.25, 0.3) is 0 Å². The van der Waals surface area contributed by atoms with E-state index in [1.807, 2.05) is 30.3 Å². The standard InChI is InChI=1S/C14H19NO3/c1-14(13(15)17,8-5-9-16)11-18-10-12-6-3-2-4-7-12/h2-4,6-7,9H,5,8,10-11H2,1H3,(H2,15,17)/t14-/m1/s1. The average molecular weight is 249 g/mol. The lowest BCUT2D eigenvalue weighted by atomic mass is 9.86. The first-order valence-corrected chi connectivity index (χ1v) is 5.94. The third-order valence-corrected chi connectivity index (χ3v) is 2.94. The van der Waals surface area contributed by atoms with Gasteiger partial charge in [-0.15, -0.1) is 0 Å². The number of primary amides is 1. The van der Waals surface area contributed by atoms with Crippen LogP contribution in [0, 0.1) is 5.41 Å². The van der Waals surface area contributed by atoms with Crippen molar-refractivity contribution in [3.8, 4) is 0 Å². The molecular weight excluding hydrogens is 230 g/mol. The molecule has 0 aliphatic rings. The van der Waals surface area contributed by atoms with Gasteiger partial charge in [0.2, 0.25) is 5.91 Å². The molecule has 18 heavy (non-hydrogen) atoms. The van der Waals surface area contributed by atoms with Crippen molar-refractivity contribution in [1.29, 1.82) is 0 Å². The highest BCUT2D eigenvalue weighted by atomic mass is 16.5. The molecule has 0 saturated heterocycles. The fourth-order valence-electron chi connectivity index (χ4n) is 1.61. The molecule has 0 spiro atoms. The number of aldehydes is 1. The van der Waals surface area contributed by atoms with Gasteiger partial charge in [0.15, 0.2) is 0 Å². The summed E-state index contributed by atoms with van der Waals surface area (Å²) in [4.78, 5) is 21.8. The van der Waals surface area contributed by atoms with Crippen LogP contribution in [0.5, 0.6) is 0 Å². The zero-order chi connectivity index (χ0) is 13.4. The van der Waals surface area contributed by atoms with Gasteiger partial charge in [0, 0.05) is 6.42 Å². The van der Waals surface area contributed by atoms with E-state index in [1.165, 1.54) is 0 Å². The van der Waals surface area contributed by atoms with Crippen LogP contribution in [-0.4, -0.2) is 18.8 Å². The molecule has 0 saturated carbocycles. The summed E-state index contributed by atoms with van der Waals surface area (Å²) in [5.41, 5.74) is 5.62. The fraction of sp³-hybridized carbons (Fsp3) is 0.429. The maximum Gasteiger partial charge on any atom is 0.225 e. The third-order valence-electron chi connectivity index (χ3n) is 2.94. The number of carbonyl (C=O) groups excluding carboxylic acids is 2. The summed E-state index contributed by atoms with van der Waals surface area (Å²) < 4.78 is 5.53. The van der Waals surface area contributed by atoms with Gasteiger partial charge in [0.1, 0.15) is 6.29 Å². The Bertz CT molecular complexity index is 391. The molecule has 4 heteroatoms. The molecule has 1 atom stereocenters. The minimum absolute atomic E-state index is 0.227. The molecule has 1 rings (SSSR count). The lowest BCUT2D eigenvalue weighted by Crippen LogP contribution is -2.38. The largest absolute Gasteiger partial charge is 0.376 e. The van der Waals surface area contributed by atoms with Crippen LogP contribution >= 0.6 is 0 Å². The van der Waals surface area contributed by atoms with Crippen molar-refractivity contribution in [3.05, 3.63) is 35.9 Å². The Labute approximate surface area is 107 Å². The van der Waals surface area contributed by atoms with Crippen molar-refractivity contribution >= 4 is 12.2 Å². The summed E-state index contributed by atoms with van der Waals surface area (Å²) in [6.07, 6.45) is 1.52. The van der Waals surface area contributed by atoms with E-state index in [0.29, 0.717) is 19.4 Å². The lowest BCUT2D eigenvalue weighted by Gasteiger charge is -2.24. The second-order valence-electron chi connectivity index (χ2n) is 4.61. The van der Waals surface area contributed by atoms with Crippen LogP contribution in [0.1, 0.15) is 25.3 Å². The topological polar surface area (TPSA) is 69.4 Å². The average Bonchev–Trinajstić information content (AvgIpc) is 2.37. The van der Waals surface area contributed by atoms with Gasteiger partial charge in [0.05, 0.1) is 18.6 Å². The molecule has 1 amide bonds. The summed E-state index contributed by atoms with van der Waals surface area (Å²) in [6, 6.07) is 9.69. The van der Waals surface area contributed by atoms with E-state index in [-0.39, 0.29) is 6.61 Å². The minimum atomic E-state index is -0.782.